The van der Waals surface area contributed by atoms with Gasteiger partial charge in [-0.25, -0.2) is 4.68 Å². The maximum Gasteiger partial charge on any atom is 0.287 e. The lowest BCUT2D eigenvalue weighted by Crippen LogP contribution is -2.36. The molecule has 0 spiro atoms. The molecule has 18 heavy (non-hydrogen) atoms. The van der Waals surface area contributed by atoms with E-state index in [1.54, 1.807) is 12.3 Å². The van der Waals surface area contributed by atoms with Crippen molar-refractivity contribution in [1.29, 1.82) is 0 Å². The first kappa shape index (κ1) is 13.1. The molecule has 0 saturated heterocycles. The van der Waals surface area contributed by atoms with Crippen LogP contribution in [0, 0.1) is 0 Å². The Morgan fingerprint density at radius 2 is 2.44 bits per heavy atom. The third-order valence-electron chi connectivity index (χ3n) is 3.20. The zero-order chi connectivity index (χ0) is 13.1. The Balaban J connectivity index is 2.21. The molecule has 6 heteroatoms. The number of allylic oxidation sites excluding steroid dienone is 1. The maximum absolute atomic E-state index is 11.9. The molecule has 1 aliphatic rings. The van der Waals surface area contributed by atoms with E-state index in [-0.39, 0.29) is 22.7 Å². The fourth-order valence-electron chi connectivity index (χ4n) is 2.19. The fraction of sp³-hybridized carbons (Fsp3) is 0.500. The molecule has 2 atom stereocenters. The van der Waals surface area contributed by atoms with Crippen LogP contribution < -0.4 is 16.6 Å². The Morgan fingerprint density at radius 1 is 1.67 bits per heavy atom. The van der Waals surface area contributed by atoms with Crippen LogP contribution in [0.5, 0.6) is 0 Å². The highest BCUT2D eigenvalue weighted by atomic mass is 35.5. The second kappa shape index (κ2) is 5.54. The van der Waals surface area contributed by atoms with E-state index in [9.17, 15) is 4.79 Å². The average Bonchev–Trinajstić information content (AvgIpc) is 2.75. The van der Waals surface area contributed by atoms with Gasteiger partial charge in [-0.1, -0.05) is 17.7 Å². The summed E-state index contributed by atoms with van der Waals surface area (Å²) in [6.07, 6.45) is 6.25. The molecule has 0 aliphatic heterocycles. The largest absolute Gasteiger partial charge is 0.378 e. The molecular weight excluding hydrogens is 252 g/mol. The van der Waals surface area contributed by atoms with E-state index in [2.05, 4.69) is 17.0 Å². The summed E-state index contributed by atoms with van der Waals surface area (Å²) < 4.78 is 1.27. The number of aromatic nitrogens is 2. The predicted octanol–water partition coefficient (Wildman–Crippen LogP) is 1.37. The van der Waals surface area contributed by atoms with Crippen molar-refractivity contribution in [1.82, 2.24) is 9.78 Å². The molecule has 0 aromatic carbocycles. The first-order valence-electron chi connectivity index (χ1n) is 6.02. The lowest BCUT2D eigenvalue weighted by molar-refractivity contribution is 0.629. The van der Waals surface area contributed by atoms with Crippen LogP contribution in [0.1, 0.15) is 19.3 Å². The van der Waals surface area contributed by atoms with Gasteiger partial charge < -0.3 is 11.1 Å². The van der Waals surface area contributed by atoms with E-state index < -0.39 is 0 Å². The van der Waals surface area contributed by atoms with E-state index in [4.69, 9.17) is 17.3 Å². The molecule has 1 heterocycles. The monoisotopic (exact) mass is 268 g/mol. The van der Waals surface area contributed by atoms with Crippen molar-refractivity contribution in [2.75, 3.05) is 5.32 Å². The maximum atomic E-state index is 11.9. The zero-order valence-electron chi connectivity index (χ0n) is 10.1. The molecule has 98 valence electrons. The number of nitrogens with zero attached hydrogens (tertiary/aromatic N) is 2. The number of hydrogen-bond donors (Lipinski definition) is 2. The summed E-state index contributed by atoms with van der Waals surface area (Å²) in [5.74, 6) is 0. The standard InChI is InChI=1S/C12H17ClN4O/c1-2-6-17-12(18)11(13)10(7-15-17)16-9-5-3-4-8(9)14/h2,7-9,16H,1,3-6,14H2. The van der Waals surface area contributed by atoms with Gasteiger partial charge in [-0.05, 0) is 19.3 Å². The Morgan fingerprint density at radius 3 is 3.06 bits per heavy atom. The van der Waals surface area contributed by atoms with Gasteiger partial charge in [0.05, 0.1) is 18.4 Å². The van der Waals surface area contributed by atoms with Crippen molar-refractivity contribution in [3.8, 4) is 0 Å². The molecule has 3 N–H and O–H groups in total. The summed E-state index contributed by atoms with van der Waals surface area (Å²) in [6, 6.07) is 0.274. The molecule has 2 unspecified atom stereocenters. The smallest absolute Gasteiger partial charge is 0.287 e. The van der Waals surface area contributed by atoms with Crippen molar-refractivity contribution in [3.63, 3.8) is 0 Å². The topological polar surface area (TPSA) is 72.9 Å². The van der Waals surface area contributed by atoms with E-state index in [1.807, 2.05) is 0 Å². The Kier molecular flexibility index (Phi) is 4.04. The van der Waals surface area contributed by atoms with E-state index in [0.717, 1.165) is 19.3 Å². The Labute approximate surface area is 111 Å². The summed E-state index contributed by atoms with van der Waals surface area (Å²) in [5.41, 5.74) is 6.22. The molecule has 0 bridgehead atoms. The number of nitrogens with one attached hydrogen (secondary N) is 1. The molecule has 0 radical (unpaired) electrons. The van der Waals surface area contributed by atoms with E-state index in [1.165, 1.54) is 4.68 Å². The van der Waals surface area contributed by atoms with Crippen LogP contribution in [-0.2, 0) is 6.54 Å². The van der Waals surface area contributed by atoms with Crippen LogP contribution in [0.3, 0.4) is 0 Å². The van der Waals surface area contributed by atoms with Crippen molar-refractivity contribution in [2.45, 2.75) is 37.9 Å². The van der Waals surface area contributed by atoms with E-state index in [0.29, 0.717) is 12.2 Å². The summed E-state index contributed by atoms with van der Waals surface area (Å²) >= 11 is 6.05. The molecular formula is C12H17ClN4O. The lowest BCUT2D eigenvalue weighted by atomic mass is 10.2. The second-order valence-electron chi connectivity index (χ2n) is 4.49. The second-order valence-corrected chi connectivity index (χ2v) is 4.87. The molecule has 1 aromatic heterocycles. The fourth-order valence-corrected chi connectivity index (χ4v) is 2.39. The highest BCUT2D eigenvalue weighted by molar-refractivity contribution is 6.32. The molecule has 0 amide bonds. The summed E-state index contributed by atoms with van der Waals surface area (Å²) in [5, 5.41) is 7.41. The molecule has 1 saturated carbocycles. The summed E-state index contributed by atoms with van der Waals surface area (Å²) in [7, 11) is 0. The minimum Gasteiger partial charge on any atom is -0.378 e. The van der Waals surface area contributed by atoms with Crippen molar-refractivity contribution >= 4 is 17.3 Å². The molecule has 5 nitrogen and oxygen atoms in total. The van der Waals surface area contributed by atoms with Gasteiger partial charge in [0.1, 0.15) is 5.02 Å². The van der Waals surface area contributed by atoms with Crippen molar-refractivity contribution < 1.29 is 0 Å². The highest BCUT2D eigenvalue weighted by Crippen LogP contribution is 2.24. The minimum absolute atomic E-state index is 0.108. The Bertz CT molecular complexity index is 499. The van der Waals surface area contributed by atoms with Gasteiger partial charge in [0, 0.05) is 12.1 Å². The van der Waals surface area contributed by atoms with Gasteiger partial charge in [-0.15, -0.1) is 6.58 Å². The molecule has 1 aromatic rings. The number of nitrogens with two attached hydrogens (primary N) is 1. The van der Waals surface area contributed by atoms with Crippen LogP contribution in [0.2, 0.25) is 5.02 Å². The van der Waals surface area contributed by atoms with Crippen molar-refractivity contribution in [3.05, 3.63) is 34.2 Å². The first-order chi connectivity index (χ1) is 8.63. The van der Waals surface area contributed by atoms with Crippen LogP contribution in [0.15, 0.2) is 23.6 Å². The van der Waals surface area contributed by atoms with Gasteiger partial charge >= 0.3 is 0 Å². The normalized spacial score (nSPS) is 23.0. The predicted molar refractivity (Wildman–Crippen MR) is 72.9 cm³/mol. The van der Waals surface area contributed by atoms with Gasteiger partial charge in [-0.3, -0.25) is 4.79 Å². The Hall–Kier alpha value is -1.33. The molecule has 1 fully saturated rings. The van der Waals surface area contributed by atoms with E-state index >= 15 is 0 Å². The summed E-state index contributed by atoms with van der Waals surface area (Å²) in [6.45, 7) is 3.92. The third kappa shape index (κ3) is 2.57. The average molecular weight is 269 g/mol. The number of anilines is 1. The first-order valence-corrected chi connectivity index (χ1v) is 6.40. The number of halogens is 1. The van der Waals surface area contributed by atoms with Gasteiger partial charge in [-0.2, -0.15) is 5.10 Å². The lowest BCUT2D eigenvalue weighted by Gasteiger charge is -2.19. The van der Waals surface area contributed by atoms with Crippen LogP contribution >= 0.6 is 11.6 Å². The quantitative estimate of drug-likeness (QED) is 0.809. The van der Waals surface area contributed by atoms with Gasteiger partial charge in [0.25, 0.3) is 5.56 Å². The SMILES string of the molecule is C=CCn1ncc(NC2CCCC2N)c(Cl)c1=O. The van der Waals surface area contributed by atoms with Crippen LogP contribution in [0.4, 0.5) is 5.69 Å². The molecule has 1 aliphatic carbocycles. The third-order valence-corrected chi connectivity index (χ3v) is 3.56. The summed E-state index contributed by atoms with van der Waals surface area (Å²) in [4.78, 5) is 11.9. The van der Waals surface area contributed by atoms with Gasteiger partial charge in [0.15, 0.2) is 0 Å². The van der Waals surface area contributed by atoms with Crippen molar-refractivity contribution in [2.24, 2.45) is 5.73 Å². The highest BCUT2D eigenvalue weighted by Gasteiger charge is 2.24. The van der Waals surface area contributed by atoms with Crippen LogP contribution in [0.25, 0.3) is 0 Å². The zero-order valence-corrected chi connectivity index (χ0v) is 10.9. The molecule has 2 rings (SSSR count). The van der Waals surface area contributed by atoms with Gasteiger partial charge in [0.2, 0.25) is 0 Å². The number of rotatable bonds is 4. The van der Waals surface area contributed by atoms with Crippen LogP contribution in [-0.4, -0.2) is 21.9 Å². The minimum atomic E-state index is -0.312. The number of hydrogen-bond acceptors (Lipinski definition) is 4.